The summed E-state index contributed by atoms with van der Waals surface area (Å²) in [6.45, 7) is 0.967. The monoisotopic (exact) mass is 277 g/mol. The van der Waals surface area contributed by atoms with E-state index in [-0.39, 0.29) is 11.3 Å². The number of sulfone groups is 1. The molecule has 0 heterocycles. The molecule has 1 rings (SSSR count). The molecule has 0 saturated heterocycles. The van der Waals surface area contributed by atoms with E-state index >= 15 is 0 Å². The molecule has 18 heavy (non-hydrogen) atoms. The third kappa shape index (κ3) is 4.84. The highest BCUT2D eigenvalue weighted by molar-refractivity contribution is 7.91. The molecule has 1 fully saturated rings. The number of nitrogens with one attached hydrogen (secondary N) is 1. The topological polar surface area (TPSA) is 75.4 Å². The summed E-state index contributed by atoms with van der Waals surface area (Å²) in [5.74, 6) is 6.00. The minimum atomic E-state index is -2.91. The molecular formula is C12H27N3O2S. The van der Waals surface area contributed by atoms with Gasteiger partial charge in [0.15, 0.2) is 0 Å². The Hall–Kier alpha value is -0.170. The first-order valence-electron chi connectivity index (χ1n) is 6.64. The average Bonchev–Trinajstić information content (AvgIpc) is 2.29. The van der Waals surface area contributed by atoms with Gasteiger partial charge in [-0.1, -0.05) is 6.42 Å². The molecule has 3 N–H and O–H groups in total. The quantitative estimate of drug-likeness (QED) is 0.542. The van der Waals surface area contributed by atoms with E-state index in [0.29, 0.717) is 5.92 Å². The van der Waals surface area contributed by atoms with Crippen molar-refractivity contribution in [3.05, 3.63) is 0 Å². The minimum absolute atomic E-state index is 0.175. The third-order valence-electron chi connectivity index (χ3n) is 3.94. The summed E-state index contributed by atoms with van der Waals surface area (Å²) in [4.78, 5) is 2.13. The first kappa shape index (κ1) is 15.9. The number of hydrogen-bond acceptors (Lipinski definition) is 5. The normalized spacial score (nSPS) is 27.4. The van der Waals surface area contributed by atoms with Crippen LogP contribution in [0.4, 0.5) is 0 Å². The molecule has 0 aromatic heterocycles. The van der Waals surface area contributed by atoms with Crippen molar-refractivity contribution in [3.63, 3.8) is 0 Å². The van der Waals surface area contributed by atoms with Gasteiger partial charge in [0, 0.05) is 12.3 Å². The number of hydrogen-bond donors (Lipinski definition) is 2. The second-order valence-corrected chi connectivity index (χ2v) is 8.07. The predicted octanol–water partition coefficient (Wildman–Crippen LogP) is 0.373. The molecule has 5 nitrogen and oxygen atoms in total. The van der Waals surface area contributed by atoms with Gasteiger partial charge in [-0.3, -0.25) is 11.3 Å². The van der Waals surface area contributed by atoms with Crippen LogP contribution in [0.15, 0.2) is 0 Å². The molecule has 0 aromatic rings. The molecule has 108 valence electrons. The Bertz CT molecular complexity index is 343. The molecule has 3 unspecified atom stereocenters. The van der Waals surface area contributed by atoms with E-state index in [4.69, 9.17) is 5.84 Å². The number of nitrogens with two attached hydrogens (primary N) is 1. The summed E-state index contributed by atoms with van der Waals surface area (Å²) in [5.41, 5.74) is 2.88. The van der Waals surface area contributed by atoms with Crippen molar-refractivity contribution in [1.29, 1.82) is 0 Å². The lowest BCUT2D eigenvalue weighted by atomic mass is 9.82. The van der Waals surface area contributed by atoms with E-state index in [1.165, 1.54) is 6.26 Å². The smallest absolute Gasteiger partial charge is 0.150 e. The van der Waals surface area contributed by atoms with Gasteiger partial charge in [-0.2, -0.15) is 0 Å². The maximum absolute atomic E-state index is 11.6. The lowest BCUT2D eigenvalue weighted by molar-refractivity contribution is 0.242. The Morgan fingerprint density at radius 3 is 2.56 bits per heavy atom. The van der Waals surface area contributed by atoms with Crippen molar-refractivity contribution >= 4 is 9.84 Å². The Balaban J connectivity index is 2.58. The number of nitrogens with zero attached hydrogens (tertiary/aromatic N) is 1. The lowest BCUT2D eigenvalue weighted by Gasteiger charge is -2.34. The summed E-state index contributed by atoms with van der Waals surface area (Å²) in [5, 5.41) is -0.175. The third-order valence-corrected chi connectivity index (χ3v) is 5.58. The van der Waals surface area contributed by atoms with Crippen molar-refractivity contribution in [2.75, 3.05) is 26.9 Å². The zero-order chi connectivity index (χ0) is 13.8. The summed E-state index contributed by atoms with van der Waals surface area (Å²) in [6, 6.07) is 0.219. The molecule has 1 aliphatic rings. The van der Waals surface area contributed by atoms with Crippen molar-refractivity contribution < 1.29 is 8.42 Å². The van der Waals surface area contributed by atoms with Gasteiger partial charge in [0.1, 0.15) is 9.84 Å². The fourth-order valence-electron chi connectivity index (χ4n) is 2.79. The van der Waals surface area contributed by atoms with E-state index < -0.39 is 9.84 Å². The van der Waals surface area contributed by atoms with Crippen molar-refractivity contribution in [3.8, 4) is 0 Å². The molecule has 0 bridgehead atoms. The van der Waals surface area contributed by atoms with Crippen molar-refractivity contribution in [2.45, 2.75) is 43.4 Å². The zero-order valence-corrected chi connectivity index (χ0v) is 12.5. The molecule has 0 spiro atoms. The van der Waals surface area contributed by atoms with E-state index in [0.717, 1.165) is 38.6 Å². The molecule has 0 radical (unpaired) electrons. The second kappa shape index (κ2) is 6.84. The SMILES string of the molecule is CN(C)CCC(NN)C1CCCC(S(C)(=O)=O)C1. The first-order valence-corrected chi connectivity index (χ1v) is 8.59. The molecule has 1 saturated carbocycles. The van der Waals surface area contributed by atoms with Crippen LogP contribution in [0.2, 0.25) is 0 Å². The average molecular weight is 277 g/mol. The van der Waals surface area contributed by atoms with Crippen LogP contribution in [0, 0.1) is 5.92 Å². The van der Waals surface area contributed by atoms with Gasteiger partial charge < -0.3 is 4.90 Å². The van der Waals surface area contributed by atoms with E-state index in [2.05, 4.69) is 10.3 Å². The summed E-state index contributed by atoms with van der Waals surface area (Å²) in [7, 11) is 1.16. The van der Waals surface area contributed by atoms with E-state index in [1.807, 2.05) is 14.1 Å². The van der Waals surface area contributed by atoms with E-state index in [9.17, 15) is 8.42 Å². The van der Waals surface area contributed by atoms with E-state index in [1.54, 1.807) is 0 Å². The Morgan fingerprint density at radius 2 is 2.06 bits per heavy atom. The molecule has 0 amide bonds. The van der Waals surface area contributed by atoms with Crippen LogP contribution in [-0.4, -0.2) is 51.5 Å². The highest BCUT2D eigenvalue weighted by Crippen LogP contribution is 2.31. The van der Waals surface area contributed by atoms with Crippen LogP contribution >= 0.6 is 0 Å². The number of rotatable bonds is 6. The van der Waals surface area contributed by atoms with Gasteiger partial charge in [0.05, 0.1) is 5.25 Å². The summed E-state index contributed by atoms with van der Waals surface area (Å²) < 4.78 is 23.3. The standard InChI is InChI=1S/C12H27N3O2S/c1-15(2)8-7-12(14-13)10-5-4-6-11(9-10)18(3,16)17/h10-12,14H,4-9,13H2,1-3H3. The summed E-state index contributed by atoms with van der Waals surface area (Å²) >= 11 is 0. The van der Waals surface area contributed by atoms with Crippen LogP contribution in [0.5, 0.6) is 0 Å². The Labute approximate surface area is 111 Å². The van der Waals surface area contributed by atoms with Crippen molar-refractivity contribution in [1.82, 2.24) is 10.3 Å². The van der Waals surface area contributed by atoms with Crippen LogP contribution in [0.25, 0.3) is 0 Å². The largest absolute Gasteiger partial charge is 0.309 e. The Morgan fingerprint density at radius 1 is 1.39 bits per heavy atom. The first-order chi connectivity index (χ1) is 8.34. The summed E-state index contributed by atoms with van der Waals surface area (Å²) in [6.07, 6.45) is 5.94. The lowest BCUT2D eigenvalue weighted by Crippen LogP contribution is -2.45. The zero-order valence-electron chi connectivity index (χ0n) is 11.7. The molecule has 3 atom stereocenters. The highest BCUT2D eigenvalue weighted by atomic mass is 32.2. The van der Waals surface area contributed by atoms with Crippen LogP contribution in [-0.2, 0) is 9.84 Å². The van der Waals surface area contributed by atoms with Crippen LogP contribution in [0.3, 0.4) is 0 Å². The van der Waals surface area contributed by atoms with Gasteiger partial charge in [-0.15, -0.1) is 0 Å². The highest BCUT2D eigenvalue weighted by Gasteiger charge is 2.32. The van der Waals surface area contributed by atoms with Gasteiger partial charge in [0.2, 0.25) is 0 Å². The fourth-order valence-corrected chi connectivity index (χ4v) is 3.98. The number of hydrazine groups is 1. The molecule has 6 heteroatoms. The van der Waals surface area contributed by atoms with Crippen LogP contribution < -0.4 is 11.3 Å². The van der Waals surface area contributed by atoms with Crippen molar-refractivity contribution in [2.24, 2.45) is 11.8 Å². The molecule has 0 aliphatic heterocycles. The minimum Gasteiger partial charge on any atom is -0.309 e. The van der Waals surface area contributed by atoms with Gasteiger partial charge in [-0.25, -0.2) is 8.42 Å². The predicted molar refractivity (Wildman–Crippen MR) is 74.9 cm³/mol. The fraction of sp³-hybridized carbons (Fsp3) is 1.00. The second-order valence-electron chi connectivity index (χ2n) is 5.74. The maximum atomic E-state index is 11.6. The van der Waals surface area contributed by atoms with Gasteiger partial charge in [0.25, 0.3) is 0 Å². The molecule has 1 aliphatic carbocycles. The van der Waals surface area contributed by atoms with Crippen LogP contribution in [0.1, 0.15) is 32.1 Å². The molecular weight excluding hydrogens is 250 g/mol. The van der Waals surface area contributed by atoms with Gasteiger partial charge >= 0.3 is 0 Å². The van der Waals surface area contributed by atoms with Gasteiger partial charge in [-0.05, 0) is 52.2 Å². The molecule has 0 aromatic carbocycles. The maximum Gasteiger partial charge on any atom is 0.150 e. The Kier molecular flexibility index (Phi) is 6.04.